The smallest absolute Gasteiger partial charge is 0.191 e. The highest BCUT2D eigenvalue weighted by Gasteiger charge is 2.00. The molecule has 0 bridgehead atoms. The van der Waals surface area contributed by atoms with Gasteiger partial charge in [0, 0.05) is 46.5 Å². The van der Waals surface area contributed by atoms with Gasteiger partial charge in [-0.3, -0.25) is 4.99 Å². The van der Waals surface area contributed by atoms with E-state index in [1.54, 1.807) is 7.11 Å². The molecule has 0 radical (unpaired) electrons. The Bertz CT molecular complexity index is 273. The van der Waals surface area contributed by atoms with Crippen LogP contribution in [0.15, 0.2) is 4.99 Å². The summed E-state index contributed by atoms with van der Waals surface area (Å²) in [5, 5.41) is 6.55. The molecule has 0 aromatic heterocycles. The molecule has 0 unspecified atom stereocenters. The quantitative estimate of drug-likeness (QED) is 0.304. The molecule has 0 saturated carbocycles. The number of rotatable bonds is 13. The van der Waals surface area contributed by atoms with E-state index >= 15 is 0 Å². The molecule has 0 amide bonds. The first-order chi connectivity index (χ1) is 10.6. The zero-order valence-electron chi connectivity index (χ0n) is 15.2. The number of nitrogens with one attached hydrogen (secondary N) is 2. The highest BCUT2D eigenvalue weighted by molar-refractivity contribution is 5.79. The van der Waals surface area contributed by atoms with E-state index in [-0.39, 0.29) is 0 Å². The molecule has 0 fully saturated rings. The van der Waals surface area contributed by atoms with Gasteiger partial charge in [0.15, 0.2) is 5.96 Å². The summed E-state index contributed by atoms with van der Waals surface area (Å²) in [6, 6.07) is 0. The largest absolute Gasteiger partial charge is 0.385 e. The second-order valence-corrected chi connectivity index (χ2v) is 5.81. The van der Waals surface area contributed by atoms with Gasteiger partial charge in [-0.1, -0.05) is 13.8 Å². The molecule has 0 saturated heterocycles. The summed E-state index contributed by atoms with van der Waals surface area (Å²) in [6.45, 7) is 13.1. The van der Waals surface area contributed by atoms with E-state index in [9.17, 15) is 0 Å². The molecule has 2 N–H and O–H groups in total. The Morgan fingerprint density at radius 1 is 1.18 bits per heavy atom. The Morgan fingerprint density at radius 2 is 1.95 bits per heavy atom. The van der Waals surface area contributed by atoms with Crippen LogP contribution in [0.1, 0.15) is 27.2 Å². The van der Waals surface area contributed by atoms with Crippen LogP contribution in [0.5, 0.6) is 0 Å². The van der Waals surface area contributed by atoms with Crippen LogP contribution in [0.25, 0.3) is 0 Å². The Labute approximate surface area is 136 Å². The predicted molar refractivity (Wildman–Crippen MR) is 93.6 cm³/mol. The summed E-state index contributed by atoms with van der Waals surface area (Å²) < 4.78 is 10.6. The second-order valence-electron chi connectivity index (χ2n) is 5.81. The van der Waals surface area contributed by atoms with Crippen LogP contribution in [0.2, 0.25) is 0 Å². The maximum Gasteiger partial charge on any atom is 0.191 e. The maximum atomic E-state index is 5.56. The minimum Gasteiger partial charge on any atom is -0.385 e. The highest BCUT2D eigenvalue weighted by atomic mass is 16.5. The van der Waals surface area contributed by atoms with E-state index in [0.717, 1.165) is 58.3 Å². The van der Waals surface area contributed by atoms with Crippen LogP contribution in [-0.4, -0.2) is 77.6 Å². The fraction of sp³-hybridized carbons (Fsp3) is 0.938. The third-order valence-corrected chi connectivity index (χ3v) is 2.97. The molecule has 0 aromatic rings. The van der Waals surface area contributed by atoms with Crippen molar-refractivity contribution in [2.45, 2.75) is 27.2 Å². The summed E-state index contributed by atoms with van der Waals surface area (Å²) in [5.41, 5.74) is 0. The number of methoxy groups -OCH3 is 1. The van der Waals surface area contributed by atoms with Crippen LogP contribution in [0.3, 0.4) is 0 Å². The number of hydrogen-bond donors (Lipinski definition) is 2. The topological polar surface area (TPSA) is 58.1 Å². The number of likely N-dealkylation sites (N-methyl/N-ethyl adjacent to an activating group) is 1. The third kappa shape index (κ3) is 14.1. The fourth-order valence-corrected chi connectivity index (χ4v) is 1.83. The monoisotopic (exact) mass is 316 g/mol. The standard InChI is InChI=1S/C16H36N4O2/c1-6-17-16(19-9-13-22-14-15(2)3)18-8-11-20(4)10-7-12-21-5/h15H,6-14H2,1-5H3,(H2,17,18,19). The summed E-state index contributed by atoms with van der Waals surface area (Å²) in [7, 11) is 3.86. The van der Waals surface area contributed by atoms with Crippen LogP contribution in [0.4, 0.5) is 0 Å². The number of ether oxygens (including phenoxy) is 2. The Hall–Kier alpha value is -0.850. The average Bonchev–Trinajstić information content (AvgIpc) is 2.46. The van der Waals surface area contributed by atoms with Crippen LogP contribution >= 0.6 is 0 Å². The lowest BCUT2D eigenvalue weighted by atomic mass is 10.2. The van der Waals surface area contributed by atoms with Crippen LogP contribution in [0, 0.1) is 5.92 Å². The van der Waals surface area contributed by atoms with Gasteiger partial charge in [0.1, 0.15) is 0 Å². The molecule has 0 rings (SSSR count). The molecule has 22 heavy (non-hydrogen) atoms. The Morgan fingerprint density at radius 3 is 2.59 bits per heavy atom. The van der Waals surface area contributed by atoms with E-state index in [4.69, 9.17) is 9.47 Å². The first-order valence-electron chi connectivity index (χ1n) is 8.37. The number of aliphatic imine (C=N–C) groups is 1. The molecule has 0 aliphatic rings. The van der Waals surface area contributed by atoms with Gasteiger partial charge in [-0.05, 0) is 26.3 Å². The zero-order valence-corrected chi connectivity index (χ0v) is 15.2. The molecule has 0 aromatic carbocycles. The first kappa shape index (κ1) is 21.1. The van der Waals surface area contributed by atoms with Gasteiger partial charge >= 0.3 is 0 Å². The van der Waals surface area contributed by atoms with Crippen molar-refractivity contribution in [3.05, 3.63) is 0 Å². The minimum atomic E-state index is 0.579. The zero-order chi connectivity index (χ0) is 16.6. The van der Waals surface area contributed by atoms with Crippen molar-refractivity contribution in [1.29, 1.82) is 0 Å². The van der Waals surface area contributed by atoms with Gasteiger partial charge in [0.2, 0.25) is 0 Å². The molecule has 0 atom stereocenters. The van der Waals surface area contributed by atoms with Crippen molar-refractivity contribution in [3.8, 4) is 0 Å². The lowest BCUT2D eigenvalue weighted by Crippen LogP contribution is -2.39. The molecule has 0 aliphatic carbocycles. The fourth-order valence-electron chi connectivity index (χ4n) is 1.83. The maximum absolute atomic E-state index is 5.56. The van der Waals surface area contributed by atoms with Gasteiger partial charge in [0.05, 0.1) is 13.2 Å². The molecule has 0 spiro atoms. The van der Waals surface area contributed by atoms with Crippen molar-refractivity contribution in [1.82, 2.24) is 15.5 Å². The van der Waals surface area contributed by atoms with Gasteiger partial charge in [-0.15, -0.1) is 0 Å². The molecule has 6 heteroatoms. The van der Waals surface area contributed by atoms with E-state index < -0.39 is 0 Å². The highest BCUT2D eigenvalue weighted by Crippen LogP contribution is 1.91. The molecule has 6 nitrogen and oxygen atoms in total. The van der Waals surface area contributed by atoms with Crippen molar-refractivity contribution in [3.63, 3.8) is 0 Å². The van der Waals surface area contributed by atoms with E-state index in [1.165, 1.54) is 0 Å². The van der Waals surface area contributed by atoms with Gasteiger partial charge in [-0.25, -0.2) is 0 Å². The molecular formula is C16H36N4O2. The molecular weight excluding hydrogens is 280 g/mol. The van der Waals surface area contributed by atoms with Crippen molar-refractivity contribution in [2.75, 3.05) is 66.7 Å². The summed E-state index contributed by atoms with van der Waals surface area (Å²) in [5.74, 6) is 1.44. The molecule has 0 aliphatic heterocycles. The average molecular weight is 316 g/mol. The van der Waals surface area contributed by atoms with Gasteiger partial charge in [-0.2, -0.15) is 0 Å². The van der Waals surface area contributed by atoms with E-state index in [2.05, 4.69) is 48.3 Å². The second kappa shape index (κ2) is 15.1. The van der Waals surface area contributed by atoms with Crippen molar-refractivity contribution >= 4 is 5.96 Å². The number of guanidine groups is 1. The van der Waals surface area contributed by atoms with Gasteiger partial charge in [0.25, 0.3) is 0 Å². The van der Waals surface area contributed by atoms with Crippen molar-refractivity contribution in [2.24, 2.45) is 10.9 Å². The summed E-state index contributed by atoms with van der Waals surface area (Å²) >= 11 is 0. The minimum absolute atomic E-state index is 0.579. The summed E-state index contributed by atoms with van der Waals surface area (Å²) in [4.78, 5) is 6.86. The summed E-state index contributed by atoms with van der Waals surface area (Å²) in [6.07, 6.45) is 1.06. The van der Waals surface area contributed by atoms with Crippen molar-refractivity contribution < 1.29 is 9.47 Å². The number of hydrogen-bond acceptors (Lipinski definition) is 4. The van der Waals surface area contributed by atoms with E-state index in [0.29, 0.717) is 12.5 Å². The van der Waals surface area contributed by atoms with Crippen LogP contribution in [-0.2, 0) is 9.47 Å². The Balaban J connectivity index is 3.84. The van der Waals surface area contributed by atoms with E-state index in [1.807, 2.05) is 0 Å². The lowest BCUT2D eigenvalue weighted by molar-refractivity contribution is 0.114. The molecule has 0 heterocycles. The van der Waals surface area contributed by atoms with Crippen LogP contribution < -0.4 is 10.6 Å². The third-order valence-electron chi connectivity index (χ3n) is 2.97. The molecule has 132 valence electrons. The normalized spacial score (nSPS) is 12.2. The first-order valence-corrected chi connectivity index (χ1v) is 8.37. The van der Waals surface area contributed by atoms with Gasteiger partial charge < -0.3 is 25.0 Å². The number of nitrogens with zero attached hydrogens (tertiary/aromatic N) is 2. The lowest BCUT2D eigenvalue weighted by Gasteiger charge is -2.16. The SMILES string of the molecule is CCNC(=NCCN(C)CCCOC)NCCOCC(C)C. The Kier molecular flexibility index (Phi) is 14.5. The predicted octanol–water partition coefficient (Wildman–Crippen LogP) is 1.18.